The zero-order valence-electron chi connectivity index (χ0n) is 16.1. The van der Waals surface area contributed by atoms with E-state index in [0.29, 0.717) is 6.42 Å². The number of hydrogen-bond donors (Lipinski definition) is 3. The average Bonchev–Trinajstić information content (AvgIpc) is 2.61. The first kappa shape index (κ1) is 24.4. The summed E-state index contributed by atoms with van der Waals surface area (Å²) in [6.07, 6.45) is 22.5. The molecule has 0 radical (unpaired) electrons. The van der Waals surface area contributed by atoms with E-state index in [1.54, 1.807) is 12.2 Å². The lowest BCUT2D eigenvalue weighted by Crippen LogP contribution is -2.23. The highest BCUT2D eigenvalue weighted by Crippen LogP contribution is 2.08. The standard InChI is InChI=1S/C22H36O4/c1-2-3-14-17-20(23)21(24)18-15-12-10-8-6-4-5-7-9-11-13-16-19-22(25)26/h5-8,10,12,15,18,20-21,23-24H,2-4,9,11,13-14,16-17,19H2,1H3,(H,25,26)/b7-5-,8-6-,12-10-,18-15+. The number of aliphatic carboxylic acids is 1. The van der Waals surface area contributed by atoms with Crippen LogP contribution in [0.25, 0.3) is 0 Å². The third-order valence-electron chi connectivity index (χ3n) is 3.98. The molecular formula is C22H36O4. The zero-order chi connectivity index (χ0) is 19.5. The van der Waals surface area contributed by atoms with Gasteiger partial charge in [0.1, 0.15) is 0 Å². The number of carboxylic acid groups (broad SMARTS) is 1. The van der Waals surface area contributed by atoms with Gasteiger partial charge in [0, 0.05) is 6.42 Å². The predicted octanol–water partition coefficient (Wildman–Crippen LogP) is 4.94. The summed E-state index contributed by atoms with van der Waals surface area (Å²) in [5, 5.41) is 28.1. The number of aliphatic hydroxyl groups is 2. The van der Waals surface area contributed by atoms with E-state index in [2.05, 4.69) is 19.1 Å². The van der Waals surface area contributed by atoms with E-state index in [9.17, 15) is 15.0 Å². The van der Waals surface area contributed by atoms with E-state index in [0.717, 1.165) is 51.4 Å². The van der Waals surface area contributed by atoms with Crippen molar-refractivity contribution < 1.29 is 20.1 Å². The number of rotatable bonds is 16. The highest BCUT2D eigenvalue weighted by atomic mass is 16.4. The van der Waals surface area contributed by atoms with Crippen LogP contribution in [-0.4, -0.2) is 33.5 Å². The molecule has 0 saturated carbocycles. The molecule has 4 heteroatoms. The number of unbranched alkanes of at least 4 members (excludes halogenated alkanes) is 5. The van der Waals surface area contributed by atoms with Gasteiger partial charge in [0.2, 0.25) is 0 Å². The van der Waals surface area contributed by atoms with Crippen molar-refractivity contribution in [3.05, 3.63) is 48.6 Å². The maximum absolute atomic E-state index is 10.4. The summed E-state index contributed by atoms with van der Waals surface area (Å²) in [4.78, 5) is 10.4. The van der Waals surface area contributed by atoms with Crippen molar-refractivity contribution in [2.24, 2.45) is 0 Å². The molecule has 0 aromatic heterocycles. The van der Waals surface area contributed by atoms with Crippen LogP contribution in [0.4, 0.5) is 0 Å². The summed E-state index contributed by atoms with van der Waals surface area (Å²) in [6, 6.07) is 0. The van der Waals surface area contributed by atoms with Gasteiger partial charge in [-0.1, -0.05) is 81.2 Å². The van der Waals surface area contributed by atoms with Gasteiger partial charge in [-0.05, 0) is 32.1 Å². The van der Waals surface area contributed by atoms with E-state index >= 15 is 0 Å². The SMILES string of the molecule is CCCCCC(O)C(O)/C=C/C=C\C=C/C/C=C\CCCCCC(=O)O. The van der Waals surface area contributed by atoms with Crippen molar-refractivity contribution in [3.8, 4) is 0 Å². The molecule has 26 heavy (non-hydrogen) atoms. The van der Waals surface area contributed by atoms with Gasteiger partial charge in [-0.2, -0.15) is 0 Å². The van der Waals surface area contributed by atoms with Gasteiger partial charge < -0.3 is 15.3 Å². The van der Waals surface area contributed by atoms with Crippen molar-refractivity contribution in [2.45, 2.75) is 83.3 Å². The molecule has 2 atom stereocenters. The maximum atomic E-state index is 10.4. The van der Waals surface area contributed by atoms with Crippen molar-refractivity contribution in [1.29, 1.82) is 0 Å². The second-order valence-electron chi connectivity index (χ2n) is 6.45. The Hall–Kier alpha value is -1.65. The van der Waals surface area contributed by atoms with E-state index in [-0.39, 0.29) is 6.42 Å². The lowest BCUT2D eigenvalue weighted by molar-refractivity contribution is -0.137. The van der Waals surface area contributed by atoms with Crippen molar-refractivity contribution >= 4 is 5.97 Å². The molecule has 2 unspecified atom stereocenters. The maximum Gasteiger partial charge on any atom is 0.303 e. The second kappa shape index (κ2) is 18.2. The molecular weight excluding hydrogens is 328 g/mol. The Morgan fingerprint density at radius 1 is 0.885 bits per heavy atom. The van der Waals surface area contributed by atoms with Crippen molar-refractivity contribution in [1.82, 2.24) is 0 Å². The van der Waals surface area contributed by atoms with Crippen molar-refractivity contribution in [2.75, 3.05) is 0 Å². The minimum absolute atomic E-state index is 0.266. The fraction of sp³-hybridized carbons (Fsp3) is 0.591. The molecule has 0 fully saturated rings. The summed E-state index contributed by atoms with van der Waals surface area (Å²) >= 11 is 0. The molecule has 0 heterocycles. The molecule has 0 bridgehead atoms. The fourth-order valence-electron chi connectivity index (χ4n) is 2.37. The smallest absolute Gasteiger partial charge is 0.303 e. The van der Waals surface area contributed by atoms with E-state index in [1.807, 2.05) is 24.3 Å². The van der Waals surface area contributed by atoms with Crippen LogP contribution in [-0.2, 0) is 4.79 Å². The molecule has 0 saturated heterocycles. The molecule has 0 amide bonds. The summed E-state index contributed by atoms with van der Waals surface area (Å²) in [5.41, 5.74) is 0. The minimum atomic E-state index is -0.807. The van der Waals surface area contributed by atoms with Crippen LogP contribution in [0, 0.1) is 0 Å². The molecule has 0 aliphatic rings. The topological polar surface area (TPSA) is 77.8 Å². The number of hydrogen-bond acceptors (Lipinski definition) is 3. The van der Waals surface area contributed by atoms with Gasteiger partial charge in [-0.3, -0.25) is 4.79 Å². The van der Waals surface area contributed by atoms with Gasteiger partial charge in [-0.25, -0.2) is 0 Å². The summed E-state index contributed by atoms with van der Waals surface area (Å²) < 4.78 is 0. The monoisotopic (exact) mass is 364 g/mol. The Morgan fingerprint density at radius 2 is 1.65 bits per heavy atom. The molecule has 0 spiro atoms. The molecule has 3 N–H and O–H groups in total. The first-order valence-corrected chi connectivity index (χ1v) is 9.80. The molecule has 4 nitrogen and oxygen atoms in total. The summed E-state index contributed by atoms with van der Waals surface area (Å²) in [7, 11) is 0. The first-order chi connectivity index (χ1) is 12.6. The van der Waals surface area contributed by atoms with Gasteiger partial charge >= 0.3 is 5.97 Å². The molecule has 0 rings (SSSR count). The Bertz CT molecular complexity index is 449. The molecule has 0 aromatic rings. The third kappa shape index (κ3) is 17.2. The largest absolute Gasteiger partial charge is 0.481 e. The Kier molecular flexibility index (Phi) is 17.0. The Labute approximate surface area is 158 Å². The number of carboxylic acids is 1. The number of allylic oxidation sites excluding steroid dienone is 7. The van der Waals surface area contributed by atoms with Crippen LogP contribution in [0.15, 0.2) is 48.6 Å². The summed E-state index contributed by atoms with van der Waals surface area (Å²) in [5.74, 6) is -0.716. The lowest BCUT2D eigenvalue weighted by Gasteiger charge is -2.13. The van der Waals surface area contributed by atoms with E-state index in [1.165, 1.54) is 0 Å². The van der Waals surface area contributed by atoms with Crippen LogP contribution in [0.2, 0.25) is 0 Å². The van der Waals surface area contributed by atoms with Crippen molar-refractivity contribution in [3.63, 3.8) is 0 Å². The molecule has 0 aliphatic heterocycles. The Morgan fingerprint density at radius 3 is 2.38 bits per heavy atom. The molecule has 0 aliphatic carbocycles. The normalized spacial score (nSPS) is 14.9. The second-order valence-corrected chi connectivity index (χ2v) is 6.45. The highest BCUT2D eigenvalue weighted by molar-refractivity contribution is 5.66. The van der Waals surface area contributed by atoms with E-state index in [4.69, 9.17) is 5.11 Å². The van der Waals surface area contributed by atoms with Gasteiger partial charge in [0.25, 0.3) is 0 Å². The molecule has 0 aromatic carbocycles. The van der Waals surface area contributed by atoms with Crippen LogP contribution < -0.4 is 0 Å². The van der Waals surface area contributed by atoms with Crippen LogP contribution in [0.3, 0.4) is 0 Å². The lowest BCUT2D eigenvalue weighted by atomic mass is 10.1. The first-order valence-electron chi connectivity index (χ1n) is 9.80. The summed E-state index contributed by atoms with van der Waals surface area (Å²) in [6.45, 7) is 2.11. The van der Waals surface area contributed by atoms with Crippen LogP contribution >= 0.6 is 0 Å². The zero-order valence-corrected chi connectivity index (χ0v) is 16.1. The molecule has 148 valence electrons. The third-order valence-corrected chi connectivity index (χ3v) is 3.98. The number of carbonyl (C=O) groups is 1. The van der Waals surface area contributed by atoms with Gasteiger partial charge in [0.15, 0.2) is 0 Å². The average molecular weight is 365 g/mol. The number of aliphatic hydroxyl groups excluding tert-OH is 2. The van der Waals surface area contributed by atoms with Gasteiger partial charge in [-0.15, -0.1) is 0 Å². The van der Waals surface area contributed by atoms with Crippen LogP contribution in [0.5, 0.6) is 0 Å². The fourth-order valence-corrected chi connectivity index (χ4v) is 2.37. The van der Waals surface area contributed by atoms with E-state index < -0.39 is 18.2 Å². The van der Waals surface area contributed by atoms with Gasteiger partial charge in [0.05, 0.1) is 12.2 Å². The minimum Gasteiger partial charge on any atom is -0.481 e. The quantitative estimate of drug-likeness (QED) is 0.206. The highest BCUT2D eigenvalue weighted by Gasteiger charge is 2.11. The van der Waals surface area contributed by atoms with Crippen LogP contribution in [0.1, 0.15) is 71.1 Å². The predicted molar refractivity (Wildman–Crippen MR) is 108 cm³/mol. The Balaban J connectivity index is 3.71.